The van der Waals surface area contributed by atoms with E-state index >= 15 is 0 Å². The van der Waals surface area contributed by atoms with Gasteiger partial charge in [-0.25, -0.2) is 0 Å². The number of hydrogen-bond donors (Lipinski definition) is 2. The fraction of sp³-hybridized carbons (Fsp3) is 0.294. The molecule has 244 valence electrons. The standard InChI is InChI=1S/C34H28F3N7O4/c1-19-25-13-23(7-8-24(25)31(47)44(19)28-10-11-29(45)41-30(28)46)42-16-22(17-42)5-4-21-15-39-43(18-21)33(2,3)32(48)40-27-9-6-20(14-38)12-26(27)34(35,36)37/h6-9,12-13,15,18,22,28H,1,10-11,16-17H2,2-3H3,(H,40,48)(H,41,45,46). The van der Waals surface area contributed by atoms with Crippen molar-refractivity contribution in [1.82, 2.24) is 20.0 Å². The number of nitrogens with one attached hydrogen (secondary N) is 2. The maximum Gasteiger partial charge on any atom is 0.418 e. The van der Waals surface area contributed by atoms with E-state index in [2.05, 4.69) is 39.1 Å². The van der Waals surface area contributed by atoms with Gasteiger partial charge in [-0.3, -0.25) is 34.1 Å². The molecule has 3 aliphatic heterocycles. The van der Waals surface area contributed by atoms with Crippen LogP contribution in [0.3, 0.4) is 0 Å². The first-order valence-corrected chi connectivity index (χ1v) is 14.9. The predicted octanol–water partition coefficient (Wildman–Crippen LogP) is 3.87. The molecule has 0 bridgehead atoms. The largest absolute Gasteiger partial charge is 0.418 e. The van der Waals surface area contributed by atoms with Crippen LogP contribution in [-0.4, -0.2) is 57.4 Å². The number of piperidine rings is 1. The highest BCUT2D eigenvalue weighted by Gasteiger charge is 2.42. The highest BCUT2D eigenvalue weighted by molar-refractivity contribution is 6.13. The van der Waals surface area contributed by atoms with Crippen LogP contribution in [0, 0.1) is 29.1 Å². The molecule has 1 atom stereocenters. The van der Waals surface area contributed by atoms with E-state index in [1.54, 1.807) is 18.3 Å². The third-order valence-corrected chi connectivity index (χ3v) is 8.66. The summed E-state index contributed by atoms with van der Waals surface area (Å²) in [7, 11) is 0. The molecule has 2 aromatic carbocycles. The highest BCUT2D eigenvalue weighted by atomic mass is 19.4. The van der Waals surface area contributed by atoms with E-state index in [0.29, 0.717) is 41.5 Å². The Morgan fingerprint density at radius 2 is 1.83 bits per heavy atom. The van der Waals surface area contributed by atoms with Gasteiger partial charge in [-0.15, -0.1) is 0 Å². The number of hydrogen-bond acceptors (Lipinski definition) is 7. The van der Waals surface area contributed by atoms with Gasteiger partial charge in [-0.05, 0) is 56.7 Å². The Kier molecular flexibility index (Phi) is 7.83. The number of rotatable bonds is 5. The number of halogens is 3. The predicted molar refractivity (Wildman–Crippen MR) is 167 cm³/mol. The Morgan fingerprint density at radius 1 is 1.08 bits per heavy atom. The van der Waals surface area contributed by atoms with E-state index in [1.807, 2.05) is 12.1 Å². The summed E-state index contributed by atoms with van der Waals surface area (Å²) < 4.78 is 42.1. The van der Waals surface area contributed by atoms with Crippen molar-refractivity contribution in [1.29, 1.82) is 5.26 Å². The summed E-state index contributed by atoms with van der Waals surface area (Å²) in [6.45, 7) is 8.30. The summed E-state index contributed by atoms with van der Waals surface area (Å²) in [6.07, 6.45) is -1.39. The Labute approximate surface area is 273 Å². The zero-order chi connectivity index (χ0) is 34.5. The van der Waals surface area contributed by atoms with Gasteiger partial charge in [0.15, 0.2) is 0 Å². The number of amides is 4. The minimum Gasteiger partial charge on any atom is -0.369 e. The minimum absolute atomic E-state index is 0.0138. The van der Waals surface area contributed by atoms with Crippen molar-refractivity contribution in [2.75, 3.05) is 23.3 Å². The lowest BCUT2D eigenvalue weighted by Crippen LogP contribution is -2.52. The lowest BCUT2D eigenvalue weighted by atomic mass is 9.98. The number of carbonyl (C=O) groups is 4. The molecule has 0 spiro atoms. The smallest absolute Gasteiger partial charge is 0.369 e. The molecular weight excluding hydrogens is 627 g/mol. The molecule has 2 fully saturated rings. The number of imide groups is 1. The van der Waals surface area contributed by atoms with Gasteiger partial charge < -0.3 is 10.2 Å². The molecule has 1 aromatic heterocycles. The maximum atomic E-state index is 13.6. The van der Waals surface area contributed by atoms with Crippen LogP contribution in [-0.2, 0) is 26.1 Å². The number of nitriles is 1. The van der Waals surface area contributed by atoms with Gasteiger partial charge in [0, 0.05) is 48.2 Å². The van der Waals surface area contributed by atoms with Gasteiger partial charge in [0.05, 0.1) is 40.6 Å². The number of benzene rings is 2. The zero-order valence-corrected chi connectivity index (χ0v) is 25.8. The number of fused-ring (bicyclic) bond motifs is 1. The molecule has 0 radical (unpaired) electrons. The van der Waals surface area contributed by atoms with Crippen molar-refractivity contribution in [2.45, 2.75) is 44.4 Å². The first-order chi connectivity index (χ1) is 22.7. The Hall–Kier alpha value is -5.89. The molecule has 14 heteroatoms. The third kappa shape index (κ3) is 5.77. The molecule has 11 nitrogen and oxygen atoms in total. The minimum atomic E-state index is -4.78. The van der Waals surface area contributed by atoms with E-state index in [4.69, 9.17) is 5.26 Å². The second-order valence-electron chi connectivity index (χ2n) is 12.2. The van der Waals surface area contributed by atoms with Crippen LogP contribution < -0.4 is 15.5 Å². The molecule has 2 saturated heterocycles. The fourth-order valence-electron chi connectivity index (χ4n) is 5.79. The Bertz CT molecular complexity index is 2010. The summed E-state index contributed by atoms with van der Waals surface area (Å²) in [4.78, 5) is 53.6. The second kappa shape index (κ2) is 11.7. The summed E-state index contributed by atoms with van der Waals surface area (Å²) in [5.41, 5.74) is -0.288. The molecule has 2 N–H and O–H groups in total. The lowest BCUT2D eigenvalue weighted by molar-refractivity contribution is -0.137. The molecule has 6 rings (SSSR count). The molecule has 0 aliphatic carbocycles. The van der Waals surface area contributed by atoms with Crippen LogP contribution in [0.15, 0.2) is 55.4 Å². The molecule has 4 amide bonds. The maximum absolute atomic E-state index is 13.6. The van der Waals surface area contributed by atoms with Crippen LogP contribution in [0.1, 0.15) is 59.3 Å². The van der Waals surface area contributed by atoms with Gasteiger partial charge in [0.1, 0.15) is 11.6 Å². The van der Waals surface area contributed by atoms with Gasteiger partial charge in [0.25, 0.3) is 11.8 Å². The van der Waals surface area contributed by atoms with E-state index in [1.165, 1.54) is 35.7 Å². The van der Waals surface area contributed by atoms with Crippen molar-refractivity contribution in [3.63, 3.8) is 0 Å². The molecule has 4 heterocycles. The first kappa shape index (κ1) is 32.1. The molecule has 48 heavy (non-hydrogen) atoms. The molecule has 3 aliphatic rings. The second-order valence-corrected chi connectivity index (χ2v) is 12.2. The molecule has 3 aromatic rings. The molecule has 0 saturated carbocycles. The number of aromatic nitrogens is 2. The Morgan fingerprint density at radius 3 is 2.52 bits per heavy atom. The van der Waals surface area contributed by atoms with E-state index in [0.717, 1.165) is 11.8 Å². The number of anilines is 2. The first-order valence-electron chi connectivity index (χ1n) is 14.9. The highest BCUT2D eigenvalue weighted by Crippen LogP contribution is 2.39. The summed E-state index contributed by atoms with van der Waals surface area (Å²) in [5, 5.41) is 17.8. The van der Waals surface area contributed by atoms with Crippen LogP contribution in [0.4, 0.5) is 24.5 Å². The van der Waals surface area contributed by atoms with E-state index < -0.39 is 40.8 Å². The van der Waals surface area contributed by atoms with Crippen molar-refractivity contribution in [2.24, 2.45) is 5.92 Å². The van der Waals surface area contributed by atoms with Crippen LogP contribution in [0.25, 0.3) is 5.70 Å². The number of alkyl halides is 3. The van der Waals surface area contributed by atoms with Gasteiger partial charge in [0.2, 0.25) is 11.8 Å². The molecular formula is C34H28F3N7O4. The summed E-state index contributed by atoms with van der Waals surface area (Å²) in [5.74, 6) is 4.29. The number of nitrogens with zero attached hydrogens (tertiary/aromatic N) is 5. The van der Waals surface area contributed by atoms with Crippen molar-refractivity contribution >= 4 is 40.7 Å². The monoisotopic (exact) mass is 655 g/mol. The molecule has 1 unspecified atom stereocenters. The van der Waals surface area contributed by atoms with Crippen LogP contribution in [0.2, 0.25) is 0 Å². The lowest BCUT2D eigenvalue weighted by Gasteiger charge is -2.38. The van der Waals surface area contributed by atoms with Gasteiger partial charge in [-0.1, -0.05) is 18.4 Å². The summed E-state index contributed by atoms with van der Waals surface area (Å²) in [6, 6.07) is 9.20. The fourth-order valence-corrected chi connectivity index (χ4v) is 5.79. The van der Waals surface area contributed by atoms with Crippen LogP contribution in [0.5, 0.6) is 0 Å². The number of carbonyl (C=O) groups excluding carboxylic acids is 4. The average molecular weight is 656 g/mol. The third-order valence-electron chi connectivity index (χ3n) is 8.66. The quantitative estimate of drug-likeness (QED) is 0.314. The van der Waals surface area contributed by atoms with Crippen molar-refractivity contribution in [3.05, 3.63) is 83.2 Å². The SMILES string of the molecule is C=C1c2cc(N3CC(C#Cc4cnn(C(C)(C)C(=O)Nc5ccc(C#N)cc5C(F)(F)F)c4)C3)ccc2C(=O)N1C1CCC(=O)NC1=O. The van der Waals surface area contributed by atoms with Crippen molar-refractivity contribution < 1.29 is 32.3 Å². The van der Waals surface area contributed by atoms with Gasteiger partial charge >= 0.3 is 6.18 Å². The van der Waals surface area contributed by atoms with Crippen molar-refractivity contribution in [3.8, 4) is 17.9 Å². The topological polar surface area (TPSA) is 140 Å². The van der Waals surface area contributed by atoms with Crippen LogP contribution >= 0.6 is 0 Å². The Balaban J connectivity index is 1.08. The normalized spacial score (nSPS) is 18.0. The average Bonchev–Trinajstić information content (AvgIpc) is 3.59. The van der Waals surface area contributed by atoms with Gasteiger partial charge in [-0.2, -0.15) is 23.5 Å². The zero-order valence-electron chi connectivity index (χ0n) is 25.8. The van der Waals surface area contributed by atoms with E-state index in [9.17, 15) is 32.3 Å². The summed E-state index contributed by atoms with van der Waals surface area (Å²) >= 11 is 0. The van der Waals surface area contributed by atoms with E-state index in [-0.39, 0.29) is 36.1 Å².